The highest BCUT2D eigenvalue weighted by atomic mass is 79.9. The van der Waals surface area contributed by atoms with Crippen LogP contribution in [0.3, 0.4) is 0 Å². The molecular formula is C9H8BrNOS. The third kappa shape index (κ3) is 2.00. The smallest absolute Gasteiger partial charge is 0.274 e. The third-order valence-electron chi connectivity index (χ3n) is 1.58. The van der Waals surface area contributed by atoms with Gasteiger partial charge in [-0.15, -0.1) is 0 Å². The SMILES string of the molecule is BrCCOc1nc2ccccc2s1. The van der Waals surface area contributed by atoms with E-state index in [1.807, 2.05) is 24.3 Å². The molecule has 0 radical (unpaired) electrons. The first-order valence-corrected chi connectivity index (χ1v) is 5.88. The molecular weight excluding hydrogens is 250 g/mol. The van der Waals surface area contributed by atoms with E-state index < -0.39 is 0 Å². The first kappa shape index (κ1) is 8.97. The summed E-state index contributed by atoms with van der Waals surface area (Å²) in [5, 5.41) is 1.59. The Labute approximate surface area is 88.7 Å². The van der Waals surface area contributed by atoms with Crippen LogP contribution in [-0.2, 0) is 0 Å². The van der Waals surface area contributed by atoms with E-state index >= 15 is 0 Å². The summed E-state index contributed by atoms with van der Waals surface area (Å²) < 4.78 is 6.57. The average Bonchev–Trinajstić information content (AvgIpc) is 2.57. The van der Waals surface area contributed by atoms with Gasteiger partial charge in [-0.3, -0.25) is 0 Å². The van der Waals surface area contributed by atoms with Crippen molar-refractivity contribution in [3.8, 4) is 5.19 Å². The van der Waals surface area contributed by atoms with E-state index in [4.69, 9.17) is 4.74 Å². The second-order valence-corrected chi connectivity index (χ2v) is 4.27. The number of thiazole rings is 1. The number of hydrogen-bond donors (Lipinski definition) is 0. The third-order valence-corrected chi connectivity index (χ3v) is 2.85. The van der Waals surface area contributed by atoms with Crippen molar-refractivity contribution in [2.24, 2.45) is 0 Å². The molecule has 2 aromatic rings. The fourth-order valence-electron chi connectivity index (χ4n) is 1.04. The topological polar surface area (TPSA) is 22.1 Å². The van der Waals surface area contributed by atoms with Gasteiger partial charge in [-0.25, -0.2) is 4.98 Å². The van der Waals surface area contributed by atoms with Crippen LogP contribution in [-0.4, -0.2) is 16.9 Å². The monoisotopic (exact) mass is 257 g/mol. The van der Waals surface area contributed by atoms with E-state index in [1.54, 1.807) is 11.3 Å². The summed E-state index contributed by atoms with van der Waals surface area (Å²) in [5.41, 5.74) is 1.01. The number of benzene rings is 1. The van der Waals surface area contributed by atoms with Gasteiger partial charge in [0.05, 0.1) is 10.2 Å². The van der Waals surface area contributed by atoms with Gasteiger partial charge in [0.15, 0.2) is 0 Å². The molecule has 4 heteroatoms. The first-order chi connectivity index (χ1) is 6.40. The van der Waals surface area contributed by atoms with E-state index in [-0.39, 0.29) is 0 Å². The van der Waals surface area contributed by atoms with Crippen LogP contribution in [0.5, 0.6) is 5.19 Å². The van der Waals surface area contributed by atoms with Crippen LogP contribution < -0.4 is 4.74 Å². The lowest BCUT2D eigenvalue weighted by molar-refractivity contribution is 0.344. The normalized spacial score (nSPS) is 10.5. The van der Waals surface area contributed by atoms with E-state index in [2.05, 4.69) is 20.9 Å². The maximum Gasteiger partial charge on any atom is 0.274 e. The number of rotatable bonds is 3. The highest BCUT2D eigenvalue weighted by Gasteiger charge is 2.02. The Bertz CT molecular complexity index is 368. The number of ether oxygens (including phenoxy) is 1. The minimum Gasteiger partial charge on any atom is -0.469 e. The quantitative estimate of drug-likeness (QED) is 0.789. The summed E-state index contributed by atoms with van der Waals surface area (Å²) in [4.78, 5) is 4.33. The average molecular weight is 258 g/mol. The molecule has 68 valence electrons. The largest absolute Gasteiger partial charge is 0.469 e. The zero-order chi connectivity index (χ0) is 9.10. The molecule has 13 heavy (non-hydrogen) atoms. The Balaban J connectivity index is 2.28. The number of para-hydroxylation sites is 1. The lowest BCUT2D eigenvalue weighted by atomic mass is 10.3. The van der Waals surface area contributed by atoms with E-state index in [0.29, 0.717) is 6.61 Å². The number of nitrogens with zero attached hydrogens (tertiary/aromatic N) is 1. The summed E-state index contributed by atoms with van der Waals surface area (Å²) in [6.07, 6.45) is 0. The number of halogens is 1. The molecule has 0 amide bonds. The van der Waals surface area contributed by atoms with Gasteiger partial charge in [0.1, 0.15) is 6.61 Å². The zero-order valence-corrected chi connectivity index (χ0v) is 9.27. The number of alkyl halides is 1. The fourth-order valence-corrected chi connectivity index (χ4v) is 2.04. The van der Waals surface area contributed by atoms with E-state index in [9.17, 15) is 0 Å². The molecule has 0 N–H and O–H groups in total. The van der Waals surface area contributed by atoms with Gasteiger partial charge in [0, 0.05) is 5.33 Å². The van der Waals surface area contributed by atoms with Crippen LogP contribution in [0.1, 0.15) is 0 Å². The minimum atomic E-state index is 0.666. The van der Waals surface area contributed by atoms with Gasteiger partial charge in [0.25, 0.3) is 5.19 Å². The summed E-state index contributed by atoms with van der Waals surface area (Å²) in [7, 11) is 0. The van der Waals surface area contributed by atoms with E-state index in [1.165, 1.54) is 4.70 Å². The van der Waals surface area contributed by atoms with E-state index in [0.717, 1.165) is 16.0 Å². The summed E-state index contributed by atoms with van der Waals surface area (Å²) >= 11 is 4.89. The van der Waals surface area contributed by atoms with Gasteiger partial charge >= 0.3 is 0 Å². The summed E-state index contributed by atoms with van der Waals surface area (Å²) in [5.74, 6) is 0. The molecule has 0 atom stereocenters. The van der Waals surface area contributed by atoms with Crippen molar-refractivity contribution in [3.05, 3.63) is 24.3 Å². The van der Waals surface area contributed by atoms with Crippen LogP contribution in [0.2, 0.25) is 0 Å². The van der Waals surface area contributed by atoms with Gasteiger partial charge < -0.3 is 4.74 Å². The maximum absolute atomic E-state index is 5.40. The van der Waals surface area contributed by atoms with Crippen molar-refractivity contribution in [2.45, 2.75) is 0 Å². The molecule has 0 bridgehead atoms. The Morgan fingerprint density at radius 2 is 2.23 bits per heavy atom. The fraction of sp³-hybridized carbons (Fsp3) is 0.222. The molecule has 2 nitrogen and oxygen atoms in total. The lowest BCUT2D eigenvalue weighted by Crippen LogP contribution is -1.96. The molecule has 0 unspecified atom stereocenters. The molecule has 0 fully saturated rings. The molecule has 0 spiro atoms. The molecule has 0 aliphatic heterocycles. The van der Waals surface area contributed by atoms with Crippen LogP contribution in [0.15, 0.2) is 24.3 Å². The number of hydrogen-bond acceptors (Lipinski definition) is 3. The zero-order valence-electron chi connectivity index (χ0n) is 6.87. The predicted molar refractivity (Wildman–Crippen MR) is 58.9 cm³/mol. The maximum atomic E-state index is 5.40. The van der Waals surface area contributed by atoms with Gasteiger partial charge in [-0.05, 0) is 12.1 Å². The van der Waals surface area contributed by atoms with Crippen molar-refractivity contribution in [2.75, 3.05) is 11.9 Å². The molecule has 0 saturated heterocycles. The molecule has 1 heterocycles. The van der Waals surface area contributed by atoms with Crippen molar-refractivity contribution < 1.29 is 4.74 Å². The Morgan fingerprint density at radius 3 is 3.00 bits per heavy atom. The van der Waals surface area contributed by atoms with Crippen LogP contribution in [0, 0.1) is 0 Å². The molecule has 0 aliphatic rings. The second kappa shape index (κ2) is 4.07. The highest BCUT2D eigenvalue weighted by molar-refractivity contribution is 9.09. The Hall–Kier alpha value is -0.610. The Morgan fingerprint density at radius 1 is 1.38 bits per heavy atom. The number of fused-ring (bicyclic) bond motifs is 1. The van der Waals surface area contributed by atoms with Crippen LogP contribution >= 0.6 is 27.3 Å². The van der Waals surface area contributed by atoms with Gasteiger partial charge in [-0.1, -0.05) is 39.4 Å². The molecule has 1 aromatic heterocycles. The molecule has 2 rings (SSSR count). The second-order valence-electron chi connectivity index (χ2n) is 2.48. The molecule has 0 saturated carbocycles. The Kier molecular flexibility index (Phi) is 2.80. The summed E-state index contributed by atoms with van der Waals surface area (Å²) in [6.45, 7) is 0.666. The molecule has 0 aliphatic carbocycles. The predicted octanol–water partition coefficient (Wildman–Crippen LogP) is 3.07. The van der Waals surface area contributed by atoms with Crippen molar-refractivity contribution in [1.29, 1.82) is 0 Å². The van der Waals surface area contributed by atoms with Crippen molar-refractivity contribution >= 4 is 37.5 Å². The lowest BCUT2D eigenvalue weighted by Gasteiger charge is -1.95. The van der Waals surface area contributed by atoms with Crippen LogP contribution in [0.4, 0.5) is 0 Å². The summed E-state index contributed by atoms with van der Waals surface area (Å²) in [6, 6.07) is 8.03. The minimum absolute atomic E-state index is 0.666. The highest BCUT2D eigenvalue weighted by Crippen LogP contribution is 2.26. The van der Waals surface area contributed by atoms with Gasteiger partial charge in [-0.2, -0.15) is 0 Å². The molecule has 1 aromatic carbocycles. The number of aromatic nitrogens is 1. The van der Waals surface area contributed by atoms with Gasteiger partial charge in [0.2, 0.25) is 0 Å². The van der Waals surface area contributed by atoms with Crippen molar-refractivity contribution in [3.63, 3.8) is 0 Å². The standard InChI is InChI=1S/C9H8BrNOS/c10-5-6-12-9-11-7-3-1-2-4-8(7)13-9/h1-4H,5-6H2. The van der Waals surface area contributed by atoms with Crippen LogP contribution in [0.25, 0.3) is 10.2 Å². The first-order valence-electron chi connectivity index (χ1n) is 3.94. The van der Waals surface area contributed by atoms with Crippen molar-refractivity contribution in [1.82, 2.24) is 4.98 Å².